The summed E-state index contributed by atoms with van der Waals surface area (Å²) in [4.78, 5) is 1.29. The molecular formula is C16H21BrN2S. The van der Waals surface area contributed by atoms with Crippen LogP contribution in [-0.4, -0.2) is 16.8 Å². The van der Waals surface area contributed by atoms with E-state index >= 15 is 0 Å². The van der Waals surface area contributed by atoms with Gasteiger partial charge in [-0.15, -0.1) is 11.8 Å². The van der Waals surface area contributed by atoms with Crippen molar-refractivity contribution in [2.75, 3.05) is 0 Å². The van der Waals surface area contributed by atoms with E-state index in [0.29, 0.717) is 11.3 Å². The van der Waals surface area contributed by atoms with Gasteiger partial charge < -0.3 is 0 Å². The van der Waals surface area contributed by atoms with Gasteiger partial charge in [0.05, 0.1) is 6.07 Å². The number of nitrogens with one attached hydrogen (secondary N) is 1. The summed E-state index contributed by atoms with van der Waals surface area (Å²) in [6.45, 7) is 4.23. The van der Waals surface area contributed by atoms with Crippen molar-refractivity contribution < 1.29 is 0 Å². The first-order chi connectivity index (χ1) is 9.53. The number of nitriles is 1. The molecule has 20 heavy (non-hydrogen) atoms. The lowest BCUT2D eigenvalue weighted by Crippen LogP contribution is -2.51. The average molecular weight is 353 g/mol. The smallest absolute Gasteiger partial charge is 0.108 e. The molecule has 2 unspecified atom stereocenters. The molecule has 0 amide bonds. The molecule has 2 nitrogen and oxygen atoms in total. The molecule has 0 bridgehead atoms. The number of benzene rings is 1. The molecule has 2 atom stereocenters. The van der Waals surface area contributed by atoms with Crippen molar-refractivity contribution in [2.45, 2.75) is 61.3 Å². The number of nitrogens with zero attached hydrogens (tertiary/aromatic N) is 1. The number of halogens is 1. The molecule has 4 heteroatoms. The van der Waals surface area contributed by atoms with Crippen LogP contribution in [-0.2, 0) is 0 Å². The third kappa shape index (κ3) is 4.25. The first kappa shape index (κ1) is 15.9. The molecule has 0 aromatic heterocycles. The lowest BCUT2D eigenvalue weighted by Gasteiger charge is -2.37. The van der Waals surface area contributed by atoms with Crippen LogP contribution in [0.2, 0.25) is 0 Å². The van der Waals surface area contributed by atoms with Crippen molar-refractivity contribution in [1.29, 1.82) is 5.26 Å². The Hall–Kier alpha value is -0.500. The maximum Gasteiger partial charge on any atom is 0.108 e. The highest BCUT2D eigenvalue weighted by molar-refractivity contribution is 9.10. The minimum atomic E-state index is -0.334. The maximum atomic E-state index is 9.58. The molecular weight excluding hydrogens is 332 g/mol. The highest BCUT2D eigenvalue weighted by atomic mass is 79.9. The van der Waals surface area contributed by atoms with Crippen LogP contribution in [0.4, 0.5) is 0 Å². The van der Waals surface area contributed by atoms with E-state index in [1.165, 1.54) is 11.3 Å². The van der Waals surface area contributed by atoms with Crippen LogP contribution in [0.15, 0.2) is 33.6 Å². The topological polar surface area (TPSA) is 35.8 Å². The Labute approximate surface area is 134 Å². The van der Waals surface area contributed by atoms with Crippen molar-refractivity contribution in [3.63, 3.8) is 0 Å². The molecule has 1 saturated carbocycles. The van der Waals surface area contributed by atoms with Crippen LogP contribution in [0.1, 0.15) is 39.5 Å². The molecule has 0 saturated heterocycles. The predicted molar refractivity (Wildman–Crippen MR) is 88.9 cm³/mol. The van der Waals surface area contributed by atoms with Gasteiger partial charge in [-0.2, -0.15) is 5.26 Å². The Morgan fingerprint density at radius 3 is 2.70 bits per heavy atom. The van der Waals surface area contributed by atoms with Gasteiger partial charge in [-0.25, -0.2) is 0 Å². The van der Waals surface area contributed by atoms with Crippen LogP contribution < -0.4 is 5.32 Å². The Bertz CT molecular complexity index is 480. The van der Waals surface area contributed by atoms with E-state index in [1.54, 1.807) is 0 Å². The third-order valence-electron chi connectivity index (χ3n) is 3.60. The van der Waals surface area contributed by atoms with Crippen molar-refractivity contribution >= 4 is 27.7 Å². The molecule has 1 aliphatic carbocycles. The van der Waals surface area contributed by atoms with Gasteiger partial charge >= 0.3 is 0 Å². The molecule has 1 aromatic rings. The second-order valence-corrected chi connectivity index (χ2v) is 8.07. The lowest BCUT2D eigenvalue weighted by molar-refractivity contribution is 0.284. The highest BCUT2D eigenvalue weighted by Gasteiger charge is 2.37. The summed E-state index contributed by atoms with van der Waals surface area (Å²) >= 11 is 5.37. The Kier molecular flexibility index (Phi) is 5.54. The van der Waals surface area contributed by atoms with Gasteiger partial charge in [-0.3, -0.25) is 5.32 Å². The molecule has 1 aliphatic rings. The average Bonchev–Trinajstić information content (AvgIpc) is 2.41. The monoisotopic (exact) mass is 352 g/mol. The number of rotatable bonds is 4. The van der Waals surface area contributed by atoms with E-state index in [0.717, 1.165) is 23.7 Å². The molecule has 0 spiro atoms. The Morgan fingerprint density at radius 2 is 2.10 bits per heavy atom. The summed E-state index contributed by atoms with van der Waals surface area (Å²) in [6.07, 6.45) is 4.23. The van der Waals surface area contributed by atoms with E-state index in [2.05, 4.69) is 65.4 Å². The van der Waals surface area contributed by atoms with Gasteiger partial charge in [0.15, 0.2) is 0 Å². The van der Waals surface area contributed by atoms with Crippen LogP contribution >= 0.6 is 27.7 Å². The standard InChI is InChI=1S/C16H21BrN2S/c1-12(2)19-16(11-18)9-3-4-15(10-16)20-14-7-5-13(17)6-8-14/h5-8,12,15,19H,3-4,9-10H2,1-2H3. The van der Waals surface area contributed by atoms with Gasteiger partial charge in [0.1, 0.15) is 5.54 Å². The molecule has 1 fully saturated rings. The fraction of sp³-hybridized carbons (Fsp3) is 0.562. The summed E-state index contributed by atoms with van der Waals surface area (Å²) in [5.74, 6) is 0. The normalized spacial score (nSPS) is 26.4. The largest absolute Gasteiger partial charge is 0.297 e. The van der Waals surface area contributed by atoms with E-state index in [9.17, 15) is 5.26 Å². The van der Waals surface area contributed by atoms with E-state index in [-0.39, 0.29) is 5.54 Å². The van der Waals surface area contributed by atoms with E-state index in [1.807, 2.05) is 11.8 Å². The first-order valence-corrected chi connectivity index (χ1v) is 8.81. The van der Waals surface area contributed by atoms with Gasteiger partial charge in [-0.1, -0.05) is 15.9 Å². The van der Waals surface area contributed by atoms with E-state index in [4.69, 9.17) is 0 Å². The van der Waals surface area contributed by atoms with Gasteiger partial charge in [0.2, 0.25) is 0 Å². The maximum absolute atomic E-state index is 9.58. The van der Waals surface area contributed by atoms with Crippen LogP contribution in [0, 0.1) is 11.3 Å². The van der Waals surface area contributed by atoms with Crippen LogP contribution in [0.3, 0.4) is 0 Å². The SMILES string of the molecule is CC(C)NC1(C#N)CCCC(Sc2ccc(Br)cc2)C1. The van der Waals surface area contributed by atoms with Gasteiger partial charge in [0, 0.05) is 20.7 Å². The van der Waals surface area contributed by atoms with Crippen LogP contribution in [0.5, 0.6) is 0 Å². The first-order valence-electron chi connectivity index (χ1n) is 7.14. The highest BCUT2D eigenvalue weighted by Crippen LogP contribution is 2.38. The summed E-state index contributed by atoms with van der Waals surface area (Å²) in [5, 5.41) is 13.6. The number of thioether (sulfide) groups is 1. The number of hydrogen-bond acceptors (Lipinski definition) is 3. The predicted octanol–water partition coefficient (Wildman–Crippen LogP) is 4.74. The molecule has 0 aliphatic heterocycles. The van der Waals surface area contributed by atoms with Gasteiger partial charge in [-0.05, 0) is 63.8 Å². The van der Waals surface area contributed by atoms with Crippen LogP contribution in [0.25, 0.3) is 0 Å². The van der Waals surface area contributed by atoms with E-state index < -0.39 is 0 Å². The second kappa shape index (κ2) is 6.98. The zero-order valence-corrected chi connectivity index (χ0v) is 14.4. The minimum absolute atomic E-state index is 0.334. The fourth-order valence-corrected chi connectivity index (χ4v) is 4.44. The van der Waals surface area contributed by atoms with Crippen molar-refractivity contribution in [3.8, 4) is 6.07 Å². The molecule has 1 aromatic carbocycles. The number of hydrogen-bond donors (Lipinski definition) is 1. The molecule has 2 rings (SSSR count). The summed E-state index contributed by atoms with van der Waals surface area (Å²) in [5.41, 5.74) is -0.334. The zero-order valence-electron chi connectivity index (χ0n) is 12.0. The Balaban J connectivity index is 2.03. The summed E-state index contributed by atoms with van der Waals surface area (Å²) in [6, 6.07) is 11.3. The second-order valence-electron chi connectivity index (χ2n) is 5.78. The van der Waals surface area contributed by atoms with Crippen molar-refractivity contribution in [2.24, 2.45) is 0 Å². The molecule has 1 N–H and O–H groups in total. The van der Waals surface area contributed by atoms with Crippen molar-refractivity contribution in [3.05, 3.63) is 28.7 Å². The van der Waals surface area contributed by atoms with Gasteiger partial charge in [0.25, 0.3) is 0 Å². The molecule has 0 heterocycles. The Morgan fingerprint density at radius 1 is 1.40 bits per heavy atom. The third-order valence-corrected chi connectivity index (χ3v) is 5.41. The lowest BCUT2D eigenvalue weighted by atomic mass is 9.82. The van der Waals surface area contributed by atoms with Crippen molar-refractivity contribution in [1.82, 2.24) is 5.32 Å². The molecule has 0 radical (unpaired) electrons. The fourth-order valence-electron chi connectivity index (χ4n) is 2.85. The summed E-state index contributed by atoms with van der Waals surface area (Å²) in [7, 11) is 0. The minimum Gasteiger partial charge on any atom is -0.297 e. The molecule has 108 valence electrons. The zero-order chi connectivity index (χ0) is 14.6. The summed E-state index contributed by atoms with van der Waals surface area (Å²) < 4.78 is 1.11. The quantitative estimate of drug-likeness (QED) is 0.849.